The van der Waals surface area contributed by atoms with Crippen molar-refractivity contribution in [1.29, 1.82) is 0 Å². The highest BCUT2D eigenvalue weighted by Gasteiger charge is 2.24. The first-order valence-electron chi connectivity index (χ1n) is 6.44. The van der Waals surface area contributed by atoms with Crippen molar-refractivity contribution in [1.82, 2.24) is 0 Å². The lowest BCUT2D eigenvalue weighted by Gasteiger charge is -2.22. The van der Waals surface area contributed by atoms with Gasteiger partial charge in [-0.15, -0.1) is 0 Å². The Labute approximate surface area is 103 Å². The van der Waals surface area contributed by atoms with E-state index >= 15 is 0 Å². The summed E-state index contributed by atoms with van der Waals surface area (Å²) in [7, 11) is 0. The van der Waals surface area contributed by atoms with Gasteiger partial charge in [0.1, 0.15) is 5.75 Å². The molecule has 1 fully saturated rings. The van der Waals surface area contributed by atoms with Gasteiger partial charge in [0.2, 0.25) is 0 Å². The summed E-state index contributed by atoms with van der Waals surface area (Å²) < 4.78 is 0. The summed E-state index contributed by atoms with van der Waals surface area (Å²) in [6, 6.07) is 3.37. The lowest BCUT2D eigenvalue weighted by atomic mass is 9.82. The van der Waals surface area contributed by atoms with Gasteiger partial charge >= 0.3 is 0 Å². The number of phenolic OH excluding ortho intramolecular Hbond substituents is 1. The van der Waals surface area contributed by atoms with E-state index in [2.05, 4.69) is 0 Å². The Morgan fingerprint density at radius 3 is 2.18 bits per heavy atom. The molecule has 1 N–H and O–H groups in total. The van der Waals surface area contributed by atoms with Gasteiger partial charge in [-0.1, -0.05) is 19.3 Å². The molecule has 1 saturated carbocycles. The molecule has 0 aliphatic heterocycles. The Hall–Kier alpha value is -1.31. The average Bonchev–Trinajstić information content (AvgIpc) is 2.28. The molecule has 1 aliphatic carbocycles. The molecule has 2 nitrogen and oxygen atoms in total. The van der Waals surface area contributed by atoms with Gasteiger partial charge in [-0.25, -0.2) is 0 Å². The van der Waals surface area contributed by atoms with Crippen LogP contribution in [0.2, 0.25) is 0 Å². The fourth-order valence-corrected chi connectivity index (χ4v) is 2.90. The van der Waals surface area contributed by atoms with Crippen molar-refractivity contribution in [3.63, 3.8) is 0 Å². The summed E-state index contributed by atoms with van der Waals surface area (Å²) in [5.41, 5.74) is 2.63. The molecule has 17 heavy (non-hydrogen) atoms. The monoisotopic (exact) mass is 232 g/mol. The summed E-state index contributed by atoms with van der Waals surface area (Å²) in [6.07, 6.45) is 5.66. The van der Waals surface area contributed by atoms with Gasteiger partial charge in [0, 0.05) is 11.5 Å². The number of hydrogen-bond donors (Lipinski definition) is 1. The second-order valence-electron chi connectivity index (χ2n) is 5.15. The van der Waals surface area contributed by atoms with E-state index in [1.165, 1.54) is 19.3 Å². The number of carbonyl (C=O) groups is 1. The second-order valence-corrected chi connectivity index (χ2v) is 5.15. The number of Topliss-reactive ketones (excluding diaryl/α,β-unsaturated/α-hetero) is 1. The van der Waals surface area contributed by atoms with Crippen molar-refractivity contribution in [2.75, 3.05) is 0 Å². The smallest absolute Gasteiger partial charge is 0.166 e. The normalized spacial score (nSPS) is 17.1. The average molecular weight is 232 g/mol. The van der Waals surface area contributed by atoms with E-state index in [4.69, 9.17) is 0 Å². The minimum Gasteiger partial charge on any atom is -0.508 e. The van der Waals surface area contributed by atoms with Crippen molar-refractivity contribution >= 4 is 5.78 Å². The Morgan fingerprint density at radius 2 is 1.65 bits per heavy atom. The number of benzene rings is 1. The number of hydrogen-bond acceptors (Lipinski definition) is 2. The van der Waals surface area contributed by atoms with Gasteiger partial charge in [-0.2, -0.15) is 0 Å². The predicted octanol–water partition coefficient (Wildman–Crippen LogP) is 3.77. The molecule has 0 unspecified atom stereocenters. The van der Waals surface area contributed by atoms with Crippen LogP contribution in [0.15, 0.2) is 12.1 Å². The first kappa shape index (κ1) is 12.2. The third-order valence-corrected chi connectivity index (χ3v) is 3.74. The van der Waals surface area contributed by atoms with Crippen LogP contribution in [0.4, 0.5) is 0 Å². The zero-order valence-electron chi connectivity index (χ0n) is 10.6. The summed E-state index contributed by atoms with van der Waals surface area (Å²) >= 11 is 0. The van der Waals surface area contributed by atoms with Crippen molar-refractivity contribution < 1.29 is 9.90 Å². The second kappa shape index (κ2) is 4.91. The van der Waals surface area contributed by atoms with Crippen LogP contribution in [0.25, 0.3) is 0 Å². The van der Waals surface area contributed by atoms with Crippen LogP contribution in [0.1, 0.15) is 53.6 Å². The Kier molecular flexibility index (Phi) is 3.51. The fourth-order valence-electron chi connectivity index (χ4n) is 2.90. The SMILES string of the molecule is Cc1cc(O)cc(C)c1C(=O)C1CCCCC1. The third kappa shape index (κ3) is 2.51. The standard InChI is InChI=1S/C15H20O2/c1-10-8-13(16)9-11(2)14(10)15(17)12-6-4-3-5-7-12/h8-9,12,16H,3-7H2,1-2H3. The number of rotatable bonds is 2. The lowest BCUT2D eigenvalue weighted by molar-refractivity contribution is 0.0888. The molecule has 1 aromatic rings. The van der Waals surface area contributed by atoms with Gasteiger partial charge in [-0.05, 0) is 49.9 Å². The summed E-state index contributed by atoms with van der Waals surface area (Å²) in [6.45, 7) is 3.81. The van der Waals surface area contributed by atoms with Gasteiger partial charge in [0.25, 0.3) is 0 Å². The molecule has 92 valence electrons. The van der Waals surface area contributed by atoms with Crippen LogP contribution in [-0.4, -0.2) is 10.9 Å². The molecule has 0 bridgehead atoms. The van der Waals surface area contributed by atoms with E-state index in [1.807, 2.05) is 13.8 Å². The fraction of sp³-hybridized carbons (Fsp3) is 0.533. The molecule has 2 rings (SSSR count). The zero-order chi connectivity index (χ0) is 12.4. The van der Waals surface area contributed by atoms with Gasteiger partial charge in [0.15, 0.2) is 5.78 Å². The molecule has 0 saturated heterocycles. The molecule has 0 aromatic heterocycles. The third-order valence-electron chi connectivity index (χ3n) is 3.74. The number of aromatic hydroxyl groups is 1. The van der Waals surface area contributed by atoms with Crippen molar-refractivity contribution in [3.8, 4) is 5.75 Å². The molecule has 1 aliphatic rings. The number of phenols is 1. The van der Waals surface area contributed by atoms with Crippen LogP contribution in [0.5, 0.6) is 5.75 Å². The van der Waals surface area contributed by atoms with Crippen molar-refractivity contribution in [3.05, 3.63) is 28.8 Å². The van der Waals surface area contributed by atoms with E-state index in [1.54, 1.807) is 12.1 Å². The van der Waals surface area contributed by atoms with E-state index in [0.29, 0.717) is 0 Å². The van der Waals surface area contributed by atoms with Crippen molar-refractivity contribution in [2.24, 2.45) is 5.92 Å². The lowest BCUT2D eigenvalue weighted by Crippen LogP contribution is -2.19. The Bertz CT molecular complexity index is 406. The molecule has 0 heterocycles. The minimum absolute atomic E-state index is 0.200. The molecule has 2 heteroatoms. The molecule has 1 aromatic carbocycles. The van der Waals surface area contributed by atoms with E-state index in [0.717, 1.165) is 29.5 Å². The number of aryl methyl sites for hydroxylation is 2. The zero-order valence-corrected chi connectivity index (χ0v) is 10.6. The first-order chi connectivity index (χ1) is 8.09. The maximum Gasteiger partial charge on any atom is 0.166 e. The van der Waals surface area contributed by atoms with E-state index in [9.17, 15) is 9.90 Å². The Morgan fingerprint density at radius 1 is 1.12 bits per heavy atom. The van der Waals surface area contributed by atoms with Crippen LogP contribution >= 0.6 is 0 Å². The minimum atomic E-state index is 0.200. The first-order valence-corrected chi connectivity index (χ1v) is 6.44. The molecule has 0 spiro atoms. The molecule has 0 radical (unpaired) electrons. The number of ketones is 1. The van der Waals surface area contributed by atoms with Crippen LogP contribution in [0, 0.1) is 19.8 Å². The van der Waals surface area contributed by atoms with E-state index in [-0.39, 0.29) is 17.5 Å². The highest BCUT2D eigenvalue weighted by molar-refractivity contribution is 6.00. The summed E-state index contributed by atoms with van der Waals surface area (Å²) in [4.78, 5) is 12.5. The van der Waals surface area contributed by atoms with Crippen LogP contribution in [-0.2, 0) is 0 Å². The van der Waals surface area contributed by atoms with Gasteiger partial charge in [-0.3, -0.25) is 4.79 Å². The van der Waals surface area contributed by atoms with E-state index < -0.39 is 0 Å². The quantitative estimate of drug-likeness (QED) is 0.788. The highest BCUT2D eigenvalue weighted by Crippen LogP contribution is 2.30. The van der Waals surface area contributed by atoms with Crippen LogP contribution in [0.3, 0.4) is 0 Å². The molecule has 0 atom stereocenters. The van der Waals surface area contributed by atoms with Gasteiger partial charge < -0.3 is 5.11 Å². The maximum atomic E-state index is 12.5. The summed E-state index contributed by atoms with van der Waals surface area (Å²) in [5, 5.41) is 9.50. The number of carbonyl (C=O) groups excluding carboxylic acids is 1. The van der Waals surface area contributed by atoms with Crippen molar-refractivity contribution in [2.45, 2.75) is 46.0 Å². The van der Waals surface area contributed by atoms with Crippen LogP contribution < -0.4 is 0 Å². The predicted molar refractivity (Wildman–Crippen MR) is 68.5 cm³/mol. The molecule has 0 amide bonds. The largest absolute Gasteiger partial charge is 0.508 e. The maximum absolute atomic E-state index is 12.5. The topological polar surface area (TPSA) is 37.3 Å². The highest BCUT2D eigenvalue weighted by atomic mass is 16.3. The van der Waals surface area contributed by atoms with Gasteiger partial charge in [0.05, 0.1) is 0 Å². The molecular formula is C15H20O2. The Balaban J connectivity index is 2.30. The molecular weight excluding hydrogens is 212 g/mol. The summed E-state index contributed by atoms with van der Waals surface area (Å²) in [5.74, 6) is 0.727.